The van der Waals surface area contributed by atoms with Gasteiger partial charge in [0.1, 0.15) is 11.6 Å². The van der Waals surface area contributed by atoms with Crippen LogP contribution in [0.1, 0.15) is 41.6 Å². The lowest BCUT2D eigenvalue weighted by Gasteiger charge is -2.15. The number of nitrogens with zero attached hydrogens (tertiary/aromatic N) is 4. The highest BCUT2D eigenvalue weighted by atomic mass is 19.1. The third-order valence-corrected chi connectivity index (χ3v) is 7.97. The molecule has 0 radical (unpaired) electrons. The summed E-state index contributed by atoms with van der Waals surface area (Å²) in [6.45, 7) is 3.99. The second-order valence-corrected chi connectivity index (χ2v) is 10.8. The lowest BCUT2D eigenvalue weighted by Crippen LogP contribution is -2.18. The van der Waals surface area contributed by atoms with Crippen LogP contribution in [0, 0.1) is 5.82 Å². The van der Waals surface area contributed by atoms with Crippen molar-refractivity contribution >= 4 is 16.6 Å². The Morgan fingerprint density at radius 3 is 2.58 bits per heavy atom. The van der Waals surface area contributed by atoms with Crippen LogP contribution in [0.25, 0.3) is 33.2 Å². The van der Waals surface area contributed by atoms with Crippen LogP contribution in [0.15, 0.2) is 78.3 Å². The summed E-state index contributed by atoms with van der Waals surface area (Å²) in [6.07, 6.45) is 11.9. The number of halogens is 1. The van der Waals surface area contributed by atoms with Crippen molar-refractivity contribution in [3.8, 4) is 28.0 Å². The summed E-state index contributed by atoms with van der Waals surface area (Å²) < 4.78 is 14.1. The Hall–Kier alpha value is -4.36. The van der Waals surface area contributed by atoms with E-state index in [0.29, 0.717) is 5.56 Å². The number of likely N-dealkylation sites (tertiary alicyclic amines) is 1. The van der Waals surface area contributed by atoms with Crippen molar-refractivity contribution in [3.05, 3.63) is 102 Å². The molecule has 0 unspecified atom stereocenters. The van der Waals surface area contributed by atoms with E-state index in [1.807, 2.05) is 12.4 Å². The fourth-order valence-corrected chi connectivity index (χ4v) is 6.04. The van der Waals surface area contributed by atoms with Gasteiger partial charge in [-0.2, -0.15) is 0 Å². The van der Waals surface area contributed by atoms with Crippen LogP contribution in [0.5, 0.6) is 5.75 Å². The van der Waals surface area contributed by atoms with Gasteiger partial charge in [-0.05, 0) is 91.4 Å². The fourth-order valence-electron chi connectivity index (χ4n) is 6.04. The molecule has 0 bridgehead atoms. The van der Waals surface area contributed by atoms with Gasteiger partial charge in [-0.1, -0.05) is 12.1 Å². The molecule has 2 aliphatic heterocycles. The van der Waals surface area contributed by atoms with Gasteiger partial charge in [0.15, 0.2) is 0 Å². The van der Waals surface area contributed by atoms with Crippen LogP contribution in [0.2, 0.25) is 0 Å². The minimum Gasteiger partial charge on any atom is -0.508 e. The summed E-state index contributed by atoms with van der Waals surface area (Å²) in [6, 6.07) is 15.1. The van der Waals surface area contributed by atoms with E-state index in [4.69, 9.17) is 4.99 Å². The van der Waals surface area contributed by atoms with Crippen LogP contribution < -0.4 is 0 Å². The number of aromatic amines is 1. The topological polar surface area (TPSA) is 77.4 Å². The maximum Gasteiger partial charge on any atom is 0.127 e. The lowest BCUT2D eigenvalue weighted by molar-refractivity contribution is 0.331. The molecule has 2 aliphatic rings. The van der Waals surface area contributed by atoms with Crippen LogP contribution in [-0.4, -0.2) is 50.3 Å². The molecule has 2 aromatic carbocycles. The van der Waals surface area contributed by atoms with Gasteiger partial charge in [-0.3, -0.25) is 19.9 Å². The molecule has 6 nitrogen and oxygen atoms in total. The van der Waals surface area contributed by atoms with E-state index in [1.165, 1.54) is 30.0 Å². The Labute approximate surface area is 232 Å². The number of rotatable bonds is 5. The van der Waals surface area contributed by atoms with Crippen molar-refractivity contribution in [2.75, 3.05) is 19.6 Å². The standard InChI is InChI=1S/C33H30FN5O/c34-26-11-24(12-27(40)14-26)30-18-36-19-32-29(30)15-31(38-32)33-28-13-23(6-5-22(28)4-3-7-37-33)25-10-21(16-35-17-25)20-39-8-1-2-9-39/h5-6,10-19,38,40H,1-4,7-9,20H2. The first-order chi connectivity index (χ1) is 19.6. The maximum absolute atomic E-state index is 14.1. The van der Waals surface area contributed by atoms with E-state index >= 15 is 0 Å². The summed E-state index contributed by atoms with van der Waals surface area (Å²) in [5, 5.41) is 10.9. The van der Waals surface area contributed by atoms with Crippen LogP contribution in [0.4, 0.5) is 4.39 Å². The molecular weight excluding hydrogens is 501 g/mol. The molecule has 0 spiro atoms. The molecule has 7 rings (SSSR count). The van der Waals surface area contributed by atoms with Crippen molar-refractivity contribution in [3.63, 3.8) is 0 Å². The summed E-state index contributed by atoms with van der Waals surface area (Å²) >= 11 is 0. The predicted molar refractivity (Wildman–Crippen MR) is 156 cm³/mol. The predicted octanol–water partition coefficient (Wildman–Crippen LogP) is 6.52. The molecule has 1 fully saturated rings. The monoisotopic (exact) mass is 531 g/mol. The zero-order valence-corrected chi connectivity index (χ0v) is 22.2. The highest BCUT2D eigenvalue weighted by Crippen LogP contribution is 2.33. The number of benzene rings is 2. The van der Waals surface area contributed by atoms with Crippen molar-refractivity contribution in [1.29, 1.82) is 0 Å². The molecular formula is C33H30FN5O. The van der Waals surface area contributed by atoms with E-state index in [2.05, 4.69) is 50.2 Å². The molecule has 200 valence electrons. The van der Waals surface area contributed by atoms with E-state index in [1.54, 1.807) is 18.5 Å². The van der Waals surface area contributed by atoms with Crippen molar-refractivity contribution in [2.45, 2.75) is 32.2 Å². The van der Waals surface area contributed by atoms with Gasteiger partial charge in [-0.25, -0.2) is 4.39 Å². The Morgan fingerprint density at radius 1 is 0.825 bits per heavy atom. The first-order valence-corrected chi connectivity index (χ1v) is 13.9. The largest absolute Gasteiger partial charge is 0.508 e. The zero-order chi connectivity index (χ0) is 27.1. The number of nitrogens with one attached hydrogen (secondary N) is 1. The number of fused-ring (bicyclic) bond motifs is 2. The van der Waals surface area contributed by atoms with Gasteiger partial charge in [0.25, 0.3) is 0 Å². The number of aryl methyl sites for hydroxylation is 1. The summed E-state index contributed by atoms with van der Waals surface area (Å²) in [5.41, 5.74) is 9.83. The third kappa shape index (κ3) is 4.77. The van der Waals surface area contributed by atoms with E-state index in [0.717, 1.165) is 89.6 Å². The minimum atomic E-state index is -0.489. The second-order valence-electron chi connectivity index (χ2n) is 10.8. The maximum atomic E-state index is 14.1. The van der Waals surface area contributed by atoms with Gasteiger partial charge in [-0.15, -0.1) is 0 Å². The average Bonchev–Trinajstić information content (AvgIpc) is 3.58. The highest BCUT2D eigenvalue weighted by Gasteiger charge is 2.20. The Balaban J connectivity index is 1.28. The van der Waals surface area contributed by atoms with Crippen molar-refractivity contribution in [1.82, 2.24) is 19.9 Å². The average molecular weight is 532 g/mol. The molecule has 0 saturated carbocycles. The first-order valence-electron chi connectivity index (χ1n) is 13.9. The molecule has 0 aliphatic carbocycles. The molecule has 1 saturated heterocycles. The third-order valence-electron chi connectivity index (χ3n) is 7.97. The summed E-state index contributed by atoms with van der Waals surface area (Å²) in [4.78, 5) is 20.0. The molecule has 5 heterocycles. The van der Waals surface area contributed by atoms with Crippen molar-refractivity contribution < 1.29 is 9.50 Å². The SMILES string of the molecule is Oc1cc(F)cc(-c2cncc3[nH]c(C4=NCCCc5ccc(-c6cncc(CN7CCCC7)c6)cc54)cc23)c1. The van der Waals surface area contributed by atoms with Gasteiger partial charge in [0.2, 0.25) is 0 Å². The Kier molecular flexibility index (Phi) is 6.36. The number of H-pyrrole nitrogens is 1. The number of phenolic OH excluding ortho intramolecular Hbond substituents is 1. The minimum absolute atomic E-state index is 0.114. The molecule has 0 atom stereocenters. The number of aromatic hydroxyl groups is 1. The molecule has 40 heavy (non-hydrogen) atoms. The van der Waals surface area contributed by atoms with Crippen LogP contribution >= 0.6 is 0 Å². The van der Waals surface area contributed by atoms with Gasteiger partial charge in [0.05, 0.1) is 23.1 Å². The van der Waals surface area contributed by atoms with Gasteiger partial charge < -0.3 is 10.1 Å². The van der Waals surface area contributed by atoms with E-state index in [9.17, 15) is 9.50 Å². The summed E-state index contributed by atoms with van der Waals surface area (Å²) in [7, 11) is 0. The summed E-state index contributed by atoms with van der Waals surface area (Å²) in [5.74, 6) is -0.604. The fraction of sp³-hybridized carbons (Fsp3) is 0.242. The number of hydrogen-bond acceptors (Lipinski definition) is 5. The number of aromatic nitrogens is 3. The molecule has 0 amide bonds. The van der Waals surface area contributed by atoms with Crippen LogP contribution in [0.3, 0.4) is 0 Å². The number of phenols is 1. The number of pyridine rings is 2. The van der Waals surface area contributed by atoms with Gasteiger partial charge >= 0.3 is 0 Å². The van der Waals surface area contributed by atoms with E-state index < -0.39 is 5.82 Å². The quantitative estimate of drug-likeness (QED) is 0.271. The molecule has 7 heteroatoms. The molecule has 3 aromatic heterocycles. The van der Waals surface area contributed by atoms with Gasteiger partial charge in [0, 0.05) is 59.8 Å². The Morgan fingerprint density at radius 2 is 1.70 bits per heavy atom. The van der Waals surface area contributed by atoms with Crippen LogP contribution in [-0.2, 0) is 13.0 Å². The second kappa shape index (κ2) is 10.3. The van der Waals surface area contributed by atoms with Crippen molar-refractivity contribution in [2.24, 2.45) is 4.99 Å². The number of aliphatic imine (C=N–C) groups is 1. The highest BCUT2D eigenvalue weighted by molar-refractivity contribution is 6.16. The lowest BCUT2D eigenvalue weighted by atomic mass is 9.94. The first kappa shape index (κ1) is 24.7. The molecule has 5 aromatic rings. The Bertz CT molecular complexity index is 1730. The number of hydrogen-bond donors (Lipinski definition) is 2. The molecule has 2 N–H and O–H groups in total. The van der Waals surface area contributed by atoms with E-state index in [-0.39, 0.29) is 5.75 Å². The zero-order valence-electron chi connectivity index (χ0n) is 22.2. The normalized spacial score (nSPS) is 15.7. The smallest absolute Gasteiger partial charge is 0.127 e.